The summed E-state index contributed by atoms with van der Waals surface area (Å²) < 4.78 is 40.8. The van der Waals surface area contributed by atoms with Gasteiger partial charge in [0, 0.05) is 18.7 Å². The van der Waals surface area contributed by atoms with E-state index in [1.54, 1.807) is 0 Å². The van der Waals surface area contributed by atoms with Gasteiger partial charge in [-0.25, -0.2) is 4.79 Å². The van der Waals surface area contributed by atoms with Crippen molar-refractivity contribution in [3.8, 4) is 0 Å². The summed E-state index contributed by atoms with van der Waals surface area (Å²) in [6.07, 6.45) is -1.39. The van der Waals surface area contributed by atoms with E-state index >= 15 is 0 Å². The van der Waals surface area contributed by atoms with Crippen molar-refractivity contribution in [3.05, 3.63) is 34.2 Å². The third-order valence-electron chi connectivity index (χ3n) is 6.06. The van der Waals surface area contributed by atoms with Crippen LogP contribution in [0.2, 0.25) is 0 Å². The topological polar surface area (TPSA) is 108 Å². The van der Waals surface area contributed by atoms with Gasteiger partial charge in [0.2, 0.25) is 17.4 Å². The molecule has 10 heteroatoms. The highest BCUT2D eigenvalue weighted by Crippen LogP contribution is 2.42. The summed E-state index contributed by atoms with van der Waals surface area (Å²) in [5, 5.41) is 9.48. The summed E-state index contributed by atoms with van der Waals surface area (Å²) in [5.41, 5.74) is -0.0228. The standard InChI is InChI=1S/C20H23F3N2O5/c21-20(22,23)14(12-4-2-1-3-5-12)10-16(27)25-17(19(29)30)13(18(25)28)8-11-6-7-24-15(26)9-11/h6-7,9,12-14,17H,1-5,8,10H2,(H,24,26)(H,29,30)/t13-,14+,17+/m1/s1. The number of hydrogen-bond acceptors (Lipinski definition) is 4. The van der Waals surface area contributed by atoms with Crippen LogP contribution in [0.1, 0.15) is 44.1 Å². The number of imide groups is 1. The molecule has 1 aliphatic carbocycles. The van der Waals surface area contributed by atoms with Gasteiger partial charge in [0.05, 0.1) is 11.8 Å². The predicted molar refractivity (Wildman–Crippen MR) is 98.3 cm³/mol. The number of carboxylic acid groups (broad SMARTS) is 1. The average molecular weight is 428 g/mol. The lowest BCUT2D eigenvalue weighted by molar-refractivity contribution is -0.200. The summed E-state index contributed by atoms with van der Waals surface area (Å²) in [5.74, 6) is -7.08. The van der Waals surface area contributed by atoms with Crippen molar-refractivity contribution in [3.63, 3.8) is 0 Å². The lowest BCUT2D eigenvalue weighted by Gasteiger charge is -2.44. The van der Waals surface area contributed by atoms with E-state index in [1.807, 2.05) is 0 Å². The fourth-order valence-electron chi connectivity index (χ4n) is 4.55. The Morgan fingerprint density at radius 3 is 2.43 bits per heavy atom. The lowest BCUT2D eigenvalue weighted by Crippen LogP contribution is -2.67. The molecule has 2 N–H and O–H groups in total. The number of hydrogen-bond donors (Lipinski definition) is 2. The molecule has 1 saturated carbocycles. The number of aliphatic carboxylic acids is 1. The monoisotopic (exact) mass is 428 g/mol. The number of nitrogens with zero attached hydrogens (tertiary/aromatic N) is 1. The van der Waals surface area contributed by atoms with Crippen molar-refractivity contribution in [1.82, 2.24) is 9.88 Å². The van der Waals surface area contributed by atoms with E-state index < -0.39 is 59.7 Å². The van der Waals surface area contributed by atoms with Gasteiger partial charge >= 0.3 is 12.1 Å². The molecule has 0 bridgehead atoms. The van der Waals surface area contributed by atoms with Gasteiger partial charge in [-0.15, -0.1) is 0 Å². The molecule has 0 unspecified atom stereocenters. The summed E-state index contributed by atoms with van der Waals surface area (Å²) in [6, 6.07) is 1.17. The fourth-order valence-corrected chi connectivity index (χ4v) is 4.55. The smallest absolute Gasteiger partial charge is 0.392 e. The molecule has 2 amide bonds. The molecule has 2 fully saturated rings. The number of aromatic nitrogens is 1. The van der Waals surface area contributed by atoms with E-state index in [-0.39, 0.29) is 6.42 Å². The zero-order valence-corrected chi connectivity index (χ0v) is 16.2. The van der Waals surface area contributed by atoms with Crippen molar-refractivity contribution < 1.29 is 32.7 Å². The van der Waals surface area contributed by atoms with Gasteiger partial charge in [0.25, 0.3) is 0 Å². The number of likely N-dealkylation sites (tertiary alicyclic amines) is 1. The molecule has 2 aliphatic rings. The molecule has 0 spiro atoms. The molecule has 7 nitrogen and oxygen atoms in total. The van der Waals surface area contributed by atoms with Gasteiger partial charge in [0.1, 0.15) is 6.04 Å². The van der Waals surface area contributed by atoms with E-state index in [1.165, 1.54) is 18.3 Å². The lowest BCUT2D eigenvalue weighted by atomic mass is 9.77. The Hall–Kier alpha value is -2.65. The van der Waals surface area contributed by atoms with Crippen LogP contribution < -0.4 is 5.56 Å². The quantitative estimate of drug-likeness (QED) is 0.677. The Morgan fingerprint density at radius 2 is 1.87 bits per heavy atom. The van der Waals surface area contributed by atoms with Gasteiger partial charge in [-0.05, 0) is 36.8 Å². The molecule has 164 valence electrons. The minimum Gasteiger partial charge on any atom is -0.480 e. The van der Waals surface area contributed by atoms with E-state index in [2.05, 4.69) is 4.98 Å². The van der Waals surface area contributed by atoms with E-state index in [0.29, 0.717) is 36.1 Å². The number of nitrogens with one attached hydrogen (secondary N) is 1. The fraction of sp³-hybridized carbons (Fsp3) is 0.600. The normalized spacial score (nSPS) is 23.7. The predicted octanol–water partition coefficient (Wildman–Crippen LogP) is 2.50. The molecular formula is C20H23F3N2O5. The van der Waals surface area contributed by atoms with E-state index in [0.717, 1.165) is 6.42 Å². The number of amides is 2. The number of rotatable bonds is 6. The Bertz CT molecular complexity index is 876. The van der Waals surface area contributed by atoms with Crippen LogP contribution in [-0.2, 0) is 20.8 Å². The summed E-state index contributed by atoms with van der Waals surface area (Å²) in [6.45, 7) is 0. The second-order valence-electron chi connectivity index (χ2n) is 8.01. The van der Waals surface area contributed by atoms with Crippen LogP contribution in [0.5, 0.6) is 0 Å². The van der Waals surface area contributed by atoms with Crippen LogP contribution in [0.15, 0.2) is 23.1 Å². The summed E-state index contributed by atoms with van der Waals surface area (Å²) >= 11 is 0. The number of pyridine rings is 1. The molecule has 1 aromatic heterocycles. The number of halogens is 3. The van der Waals surface area contributed by atoms with Gasteiger partial charge in [-0.2, -0.15) is 13.2 Å². The largest absolute Gasteiger partial charge is 0.480 e. The van der Waals surface area contributed by atoms with Crippen molar-refractivity contribution in [2.24, 2.45) is 17.8 Å². The zero-order chi connectivity index (χ0) is 22.1. The number of carbonyl (C=O) groups is 3. The minimum absolute atomic E-state index is 0.0885. The Morgan fingerprint density at radius 1 is 1.20 bits per heavy atom. The molecule has 1 saturated heterocycles. The SMILES string of the molecule is O=C(O)[C@@H]1[C@@H](Cc2cc[nH]c(=O)c2)C(=O)N1C(=O)C[C@@H](C1CCCCC1)C(F)(F)F. The number of β-lactam (4-membered cyclic amide) rings is 1. The molecule has 30 heavy (non-hydrogen) atoms. The van der Waals surface area contributed by atoms with Gasteiger partial charge in [-0.1, -0.05) is 19.3 Å². The van der Waals surface area contributed by atoms with Crippen LogP contribution in [0, 0.1) is 17.8 Å². The highest BCUT2D eigenvalue weighted by Gasteiger charge is 2.56. The van der Waals surface area contributed by atoms with Gasteiger partial charge in [0.15, 0.2) is 0 Å². The van der Waals surface area contributed by atoms with Crippen LogP contribution in [0.4, 0.5) is 13.2 Å². The Labute approximate surface area is 170 Å². The third kappa shape index (κ3) is 4.57. The molecule has 1 aromatic rings. The van der Waals surface area contributed by atoms with Crippen molar-refractivity contribution in [1.29, 1.82) is 0 Å². The Kier molecular flexibility index (Phi) is 6.33. The second-order valence-corrected chi connectivity index (χ2v) is 8.01. The van der Waals surface area contributed by atoms with Crippen molar-refractivity contribution in [2.45, 2.75) is 57.2 Å². The summed E-state index contributed by atoms with van der Waals surface area (Å²) in [4.78, 5) is 51.0. The summed E-state index contributed by atoms with van der Waals surface area (Å²) in [7, 11) is 0. The number of H-pyrrole nitrogens is 1. The first-order valence-corrected chi connectivity index (χ1v) is 9.92. The van der Waals surface area contributed by atoms with Crippen molar-refractivity contribution in [2.75, 3.05) is 0 Å². The molecule has 0 radical (unpaired) electrons. The highest BCUT2D eigenvalue weighted by molar-refractivity contribution is 6.08. The maximum atomic E-state index is 13.6. The first-order chi connectivity index (χ1) is 14.1. The third-order valence-corrected chi connectivity index (χ3v) is 6.06. The highest BCUT2D eigenvalue weighted by atomic mass is 19.4. The van der Waals surface area contributed by atoms with Crippen LogP contribution in [0.3, 0.4) is 0 Å². The first-order valence-electron chi connectivity index (χ1n) is 9.92. The number of carbonyl (C=O) groups excluding carboxylic acids is 2. The van der Waals surface area contributed by atoms with E-state index in [9.17, 15) is 37.5 Å². The van der Waals surface area contributed by atoms with E-state index in [4.69, 9.17) is 0 Å². The van der Waals surface area contributed by atoms with Gasteiger partial charge in [-0.3, -0.25) is 19.3 Å². The number of alkyl halides is 3. The maximum absolute atomic E-state index is 13.6. The molecule has 3 rings (SSSR count). The van der Waals surface area contributed by atoms with Crippen LogP contribution in [0.25, 0.3) is 0 Å². The first kappa shape index (κ1) is 22.0. The van der Waals surface area contributed by atoms with Crippen molar-refractivity contribution >= 4 is 17.8 Å². The zero-order valence-electron chi connectivity index (χ0n) is 16.2. The number of aromatic amines is 1. The van der Waals surface area contributed by atoms with Crippen LogP contribution in [-0.4, -0.2) is 45.0 Å². The average Bonchev–Trinajstić information content (AvgIpc) is 2.67. The number of carboxylic acids is 1. The molecule has 0 aromatic carbocycles. The van der Waals surface area contributed by atoms with Gasteiger partial charge < -0.3 is 10.1 Å². The molecular weight excluding hydrogens is 405 g/mol. The second kappa shape index (κ2) is 8.61. The molecule has 2 heterocycles. The molecule has 1 aliphatic heterocycles. The minimum atomic E-state index is -4.60. The molecule has 3 atom stereocenters. The Balaban J connectivity index is 1.74. The van der Waals surface area contributed by atoms with Crippen LogP contribution >= 0.6 is 0 Å². The maximum Gasteiger partial charge on any atom is 0.392 e.